The molecule has 7 heteroatoms. The minimum Gasteiger partial charge on any atom is -0.465 e. The van der Waals surface area contributed by atoms with Crippen molar-refractivity contribution < 1.29 is 24.2 Å². The van der Waals surface area contributed by atoms with E-state index in [0.717, 1.165) is 0 Å². The number of amides is 1. The highest BCUT2D eigenvalue weighted by Gasteiger charge is 2.22. The molecular formula is C13H18N2O5. The highest BCUT2D eigenvalue weighted by molar-refractivity contribution is 6.03. The number of nitrogens with two attached hydrogens (primary N) is 1. The third kappa shape index (κ3) is 3.69. The Kier molecular flexibility index (Phi) is 5.95. The van der Waals surface area contributed by atoms with Gasteiger partial charge in [0.25, 0.3) is 5.91 Å². The summed E-state index contributed by atoms with van der Waals surface area (Å²) in [6.45, 7) is -0.407. The summed E-state index contributed by atoms with van der Waals surface area (Å²) in [5.41, 5.74) is 6.56. The number of aliphatic hydroxyl groups is 1. The molecule has 0 aliphatic carbocycles. The lowest BCUT2D eigenvalue weighted by Gasteiger charge is -2.24. The fraction of sp³-hybridized carbons (Fsp3) is 0.385. The summed E-state index contributed by atoms with van der Waals surface area (Å²) in [6, 6.07) is 4.49. The summed E-state index contributed by atoms with van der Waals surface area (Å²) in [6.07, 6.45) is 0. The van der Waals surface area contributed by atoms with Gasteiger partial charge in [0.05, 0.1) is 25.0 Å². The number of hydrogen-bond donors (Lipinski definition) is 2. The number of nitrogen functional groups attached to an aromatic ring is 1. The summed E-state index contributed by atoms with van der Waals surface area (Å²) in [5.74, 6) is -0.981. The van der Waals surface area contributed by atoms with Crippen LogP contribution in [0, 0.1) is 0 Å². The second-order valence-electron chi connectivity index (χ2n) is 3.97. The Bertz CT molecular complexity index is 490. The number of carbonyl (C=O) groups is 2. The van der Waals surface area contributed by atoms with Crippen LogP contribution >= 0.6 is 0 Å². The van der Waals surface area contributed by atoms with Gasteiger partial charge in [0, 0.05) is 19.3 Å². The molecule has 3 N–H and O–H groups in total. The van der Waals surface area contributed by atoms with Crippen molar-refractivity contribution in [2.24, 2.45) is 0 Å². The van der Waals surface area contributed by atoms with Crippen molar-refractivity contribution in [1.29, 1.82) is 0 Å². The van der Waals surface area contributed by atoms with Gasteiger partial charge in [-0.25, -0.2) is 4.79 Å². The molecule has 1 aromatic rings. The second-order valence-corrected chi connectivity index (χ2v) is 3.97. The Morgan fingerprint density at radius 1 is 1.35 bits per heavy atom. The first kappa shape index (κ1) is 15.9. The zero-order valence-electron chi connectivity index (χ0n) is 11.5. The summed E-state index contributed by atoms with van der Waals surface area (Å²) in [4.78, 5) is 25.0. The molecule has 0 saturated carbocycles. The Labute approximate surface area is 116 Å². The lowest BCUT2D eigenvalue weighted by Crippen LogP contribution is -2.37. The molecule has 7 nitrogen and oxygen atoms in total. The largest absolute Gasteiger partial charge is 0.465 e. The van der Waals surface area contributed by atoms with E-state index in [9.17, 15) is 9.59 Å². The molecule has 1 rings (SSSR count). The van der Waals surface area contributed by atoms with Gasteiger partial charge in [-0.2, -0.15) is 0 Å². The minimum atomic E-state index is -0.590. The monoisotopic (exact) mass is 282 g/mol. The van der Waals surface area contributed by atoms with E-state index >= 15 is 0 Å². The predicted octanol–water partition coefficient (Wildman–Crippen LogP) is 0.0271. The molecule has 1 aromatic carbocycles. The highest BCUT2D eigenvalue weighted by Crippen LogP contribution is 2.24. The normalized spacial score (nSPS) is 10.2. The van der Waals surface area contributed by atoms with Crippen LogP contribution in [0.15, 0.2) is 18.2 Å². The molecule has 0 atom stereocenters. The van der Waals surface area contributed by atoms with E-state index in [1.165, 1.54) is 37.3 Å². The molecule has 0 bridgehead atoms. The molecular weight excluding hydrogens is 264 g/mol. The van der Waals surface area contributed by atoms with Crippen LogP contribution in [-0.4, -0.2) is 51.0 Å². The Hall–Kier alpha value is -2.12. The van der Waals surface area contributed by atoms with Gasteiger partial charge in [0.1, 0.15) is 6.61 Å². The van der Waals surface area contributed by atoms with E-state index in [4.69, 9.17) is 15.6 Å². The smallest absolute Gasteiger partial charge is 0.339 e. The van der Waals surface area contributed by atoms with Crippen LogP contribution in [0.2, 0.25) is 0 Å². The summed E-state index contributed by atoms with van der Waals surface area (Å²) < 4.78 is 9.46. The standard InChI is InChI=1S/C13H18N2O5/c1-19-8-12(17)15(5-6-16)11-7-9(14)3-4-10(11)13(18)20-2/h3-4,7,16H,5-6,8,14H2,1-2H3. The number of ether oxygens (including phenoxy) is 2. The molecule has 20 heavy (non-hydrogen) atoms. The summed E-state index contributed by atoms with van der Waals surface area (Å²) in [5, 5.41) is 9.09. The molecule has 0 heterocycles. The third-order valence-electron chi connectivity index (χ3n) is 2.61. The fourth-order valence-corrected chi connectivity index (χ4v) is 1.74. The van der Waals surface area contributed by atoms with Gasteiger partial charge >= 0.3 is 5.97 Å². The van der Waals surface area contributed by atoms with Crippen LogP contribution in [-0.2, 0) is 14.3 Å². The maximum Gasteiger partial charge on any atom is 0.339 e. The van der Waals surface area contributed by atoms with Gasteiger partial charge < -0.3 is 25.2 Å². The number of nitrogens with zero attached hydrogens (tertiary/aromatic N) is 1. The number of anilines is 2. The molecule has 0 radical (unpaired) electrons. The number of rotatable bonds is 6. The number of aliphatic hydroxyl groups excluding tert-OH is 1. The third-order valence-corrected chi connectivity index (χ3v) is 2.61. The highest BCUT2D eigenvalue weighted by atomic mass is 16.5. The number of hydrogen-bond acceptors (Lipinski definition) is 6. The van der Waals surface area contributed by atoms with Crippen LogP contribution in [0.25, 0.3) is 0 Å². The van der Waals surface area contributed by atoms with Crippen molar-refractivity contribution in [2.45, 2.75) is 0 Å². The quantitative estimate of drug-likeness (QED) is 0.563. The van der Waals surface area contributed by atoms with Crippen LogP contribution in [0.4, 0.5) is 11.4 Å². The SMILES string of the molecule is COCC(=O)N(CCO)c1cc(N)ccc1C(=O)OC. The van der Waals surface area contributed by atoms with E-state index in [0.29, 0.717) is 5.69 Å². The zero-order chi connectivity index (χ0) is 15.1. The van der Waals surface area contributed by atoms with Gasteiger partial charge in [0.15, 0.2) is 0 Å². The fourth-order valence-electron chi connectivity index (χ4n) is 1.74. The van der Waals surface area contributed by atoms with Crippen molar-refractivity contribution in [3.05, 3.63) is 23.8 Å². The first-order valence-corrected chi connectivity index (χ1v) is 5.93. The second kappa shape index (κ2) is 7.46. The average Bonchev–Trinajstić information content (AvgIpc) is 2.44. The zero-order valence-corrected chi connectivity index (χ0v) is 11.5. The molecule has 0 unspecified atom stereocenters. The predicted molar refractivity (Wildman–Crippen MR) is 73.5 cm³/mol. The van der Waals surface area contributed by atoms with Crippen LogP contribution in [0.3, 0.4) is 0 Å². The van der Waals surface area contributed by atoms with Crippen molar-refractivity contribution in [3.8, 4) is 0 Å². The maximum atomic E-state index is 12.0. The molecule has 0 aliphatic rings. The Balaban J connectivity index is 3.26. The van der Waals surface area contributed by atoms with Gasteiger partial charge in [-0.05, 0) is 18.2 Å². The van der Waals surface area contributed by atoms with Crippen molar-refractivity contribution in [1.82, 2.24) is 0 Å². The topological polar surface area (TPSA) is 102 Å². The van der Waals surface area contributed by atoms with E-state index in [-0.39, 0.29) is 31.0 Å². The van der Waals surface area contributed by atoms with Gasteiger partial charge in [-0.3, -0.25) is 4.79 Å². The Morgan fingerprint density at radius 2 is 2.05 bits per heavy atom. The lowest BCUT2D eigenvalue weighted by atomic mass is 10.1. The summed E-state index contributed by atoms with van der Waals surface area (Å²) in [7, 11) is 2.63. The van der Waals surface area contributed by atoms with Gasteiger partial charge in [-0.15, -0.1) is 0 Å². The van der Waals surface area contributed by atoms with Gasteiger partial charge in [0.2, 0.25) is 0 Å². The number of esters is 1. The minimum absolute atomic E-state index is 0.0235. The first-order chi connectivity index (χ1) is 9.54. The Morgan fingerprint density at radius 3 is 2.60 bits per heavy atom. The van der Waals surface area contributed by atoms with Gasteiger partial charge in [-0.1, -0.05) is 0 Å². The van der Waals surface area contributed by atoms with Crippen molar-refractivity contribution >= 4 is 23.3 Å². The summed E-state index contributed by atoms with van der Waals surface area (Å²) >= 11 is 0. The van der Waals surface area contributed by atoms with Crippen LogP contribution in [0.5, 0.6) is 0 Å². The van der Waals surface area contributed by atoms with E-state index in [1.807, 2.05) is 0 Å². The maximum absolute atomic E-state index is 12.0. The molecule has 0 aliphatic heterocycles. The lowest BCUT2D eigenvalue weighted by molar-refractivity contribution is -0.122. The number of carbonyl (C=O) groups excluding carboxylic acids is 2. The number of benzene rings is 1. The molecule has 0 spiro atoms. The number of methoxy groups -OCH3 is 2. The van der Waals surface area contributed by atoms with Crippen molar-refractivity contribution in [2.75, 3.05) is 44.6 Å². The van der Waals surface area contributed by atoms with Crippen LogP contribution in [0.1, 0.15) is 10.4 Å². The molecule has 0 saturated heterocycles. The molecule has 110 valence electrons. The van der Waals surface area contributed by atoms with Crippen molar-refractivity contribution in [3.63, 3.8) is 0 Å². The first-order valence-electron chi connectivity index (χ1n) is 5.93. The van der Waals surface area contributed by atoms with E-state index < -0.39 is 11.9 Å². The molecule has 0 fully saturated rings. The van der Waals surface area contributed by atoms with E-state index in [1.54, 1.807) is 0 Å². The molecule has 0 aromatic heterocycles. The molecule has 1 amide bonds. The van der Waals surface area contributed by atoms with E-state index in [2.05, 4.69) is 4.74 Å². The average molecular weight is 282 g/mol. The van der Waals surface area contributed by atoms with Crippen LogP contribution < -0.4 is 10.6 Å².